The van der Waals surface area contributed by atoms with Crippen molar-refractivity contribution in [1.82, 2.24) is 0 Å². The highest BCUT2D eigenvalue weighted by atomic mass is 16.6. The Morgan fingerprint density at radius 2 is 1.86 bits per heavy atom. The minimum atomic E-state index is -1.13. The zero-order chi connectivity index (χ0) is 20.8. The molecule has 3 heterocycles. The fourth-order valence-electron chi connectivity index (χ4n) is 4.46. The molecule has 3 saturated heterocycles. The summed E-state index contributed by atoms with van der Waals surface area (Å²) in [4.78, 5) is 48.6. The molecule has 0 radical (unpaired) electrons. The van der Waals surface area contributed by atoms with Gasteiger partial charge in [-0.05, 0) is 18.6 Å². The summed E-state index contributed by atoms with van der Waals surface area (Å²) in [5, 5.41) is 0. The molecule has 8 heteroatoms. The van der Waals surface area contributed by atoms with Crippen LogP contribution >= 0.6 is 0 Å². The summed E-state index contributed by atoms with van der Waals surface area (Å²) in [6.07, 6.45) is -0.297. The maximum absolute atomic E-state index is 12.2. The second-order valence-corrected chi connectivity index (χ2v) is 8.08. The maximum atomic E-state index is 12.2. The zero-order valence-electron chi connectivity index (χ0n) is 16.2. The van der Waals surface area contributed by atoms with Gasteiger partial charge in [-0.2, -0.15) is 0 Å². The fraction of sp³-hybridized carbons (Fsp3) is 0.524. The zero-order valence-corrected chi connectivity index (χ0v) is 16.2. The summed E-state index contributed by atoms with van der Waals surface area (Å²) in [5.74, 6) is -4.39. The summed E-state index contributed by atoms with van der Waals surface area (Å²) in [6.45, 7) is 3.29. The average molecular weight is 402 g/mol. The van der Waals surface area contributed by atoms with Gasteiger partial charge >= 0.3 is 23.9 Å². The van der Waals surface area contributed by atoms with Crippen molar-refractivity contribution in [3.05, 3.63) is 35.9 Å². The number of carbonyl (C=O) groups excluding carboxylic acids is 4. The van der Waals surface area contributed by atoms with Crippen molar-refractivity contribution in [3.63, 3.8) is 0 Å². The van der Waals surface area contributed by atoms with E-state index < -0.39 is 47.4 Å². The number of esters is 4. The van der Waals surface area contributed by atoms with Crippen LogP contribution in [-0.4, -0.2) is 48.8 Å². The molecule has 0 aromatic heterocycles. The molecule has 1 aromatic carbocycles. The van der Waals surface area contributed by atoms with Crippen molar-refractivity contribution in [2.24, 2.45) is 23.7 Å². The summed E-state index contributed by atoms with van der Waals surface area (Å²) < 4.78 is 21.7. The second kappa shape index (κ2) is 7.26. The highest BCUT2D eigenvalue weighted by Gasteiger charge is 2.72. The quantitative estimate of drug-likeness (QED) is 0.401. The summed E-state index contributed by atoms with van der Waals surface area (Å²) >= 11 is 0. The number of cyclic esters (lactones) is 2. The molecule has 0 saturated carbocycles. The number of carbonyl (C=O) groups is 4. The van der Waals surface area contributed by atoms with Crippen LogP contribution in [0.3, 0.4) is 0 Å². The molecule has 4 rings (SSSR count). The third-order valence-corrected chi connectivity index (χ3v) is 5.82. The van der Waals surface area contributed by atoms with Crippen LogP contribution in [0, 0.1) is 23.7 Å². The average Bonchev–Trinajstić information content (AvgIpc) is 3.34. The molecule has 0 unspecified atom stereocenters. The molecule has 0 N–H and O–H groups in total. The maximum Gasteiger partial charge on any atom is 0.338 e. The van der Waals surface area contributed by atoms with Gasteiger partial charge in [0.15, 0.2) is 0 Å². The van der Waals surface area contributed by atoms with Gasteiger partial charge in [0.1, 0.15) is 24.0 Å². The summed E-state index contributed by atoms with van der Waals surface area (Å²) in [7, 11) is 0. The molecule has 3 fully saturated rings. The molecule has 2 bridgehead atoms. The van der Waals surface area contributed by atoms with Gasteiger partial charge < -0.3 is 18.9 Å². The molecule has 154 valence electrons. The van der Waals surface area contributed by atoms with Gasteiger partial charge in [-0.3, -0.25) is 14.4 Å². The van der Waals surface area contributed by atoms with Crippen molar-refractivity contribution in [2.75, 3.05) is 13.2 Å². The van der Waals surface area contributed by atoms with E-state index in [1.54, 1.807) is 44.2 Å². The van der Waals surface area contributed by atoms with E-state index in [1.165, 1.54) is 0 Å². The monoisotopic (exact) mass is 402 g/mol. The SMILES string of the molecule is CC(C)C(=O)OC[C@]12C[C@@H](COC(=O)c3ccccc3)[C@H](O1)[C@@H]1C(=O)OC(=O)[C@@H]12. The Hall–Kier alpha value is -2.74. The first-order valence-electron chi connectivity index (χ1n) is 9.64. The van der Waals surface area contributed by atoms with Crippen molar-refractivity contribution in [3.8, 4) is 0 Å². The van der Waals surface area contributed by atoms with Crippen molar-refractivity contribution in [2.45, 2.75) is 32.0 Å². The van der Waals surface area contributed by atoms with Crippen molar-refractivity contribution < 1.29 is 38.1 Å². The van der Waals surface area contributed by atoms with Gasteiger partial charge in [0.2, 0.25) is 0 Å². The van der Waals surface area contributed by atoms with Gasteiger partial charge in [0.05, 0.1) is 24.2 Å². The predicted octanol–water partition coefficient (Wildman–Crippen LogP) is 1.52. The van der Waals surface area contributed by atoms with Crippen LogP contribution in [0.4, 0.5) is 0 Å². The van der Waals surface area contributed by atoms with Gasteiger partial charge in [-0.15, -0.1) is 0 Å². The van der Waals surface area contributed by atoms with Gasteiger partial charge in [0.25, 0.3) is 0 Å². The minimum absolute atomic E-state index is 0.0307. The van der Waals surface area contributed by atoms with E-state index in [2.05, 4.69) is 0 Å². The first-order valence-corrected chi connectivity index (χ1v) is 9.64. The largest absolute Gasteiger partial charge is 0.462 e. The smallest absolute Gasteiger partial charge is 0.338 e. The first kappa shape index (κ1) is 19.6. The number of fused-ring (bicyclic) bond motifs is 5. The van der Waals surface area contributed by atoms with E-state index in [4.69, 9.17) is 18.9 Å². The molecule has 8 nitrogen and oxygen atoms in total. The lowest BCUT2D eigenvalue weighted by Crippen LogP contribution is -2.47. The van der Waals surface area contributed by atoms with Crippen LogP contribution in [0.5, 0.6) is 0 Å². The van der Waals surface area contributed by atoms with Crippen LogP contribution in [0.1, 0.15) is 30.6 Å². The number of hydrogen-bond acceptors (Lipinski definition) is 8. The molecule has 0 aliphatic carbocycles. The molecular weight excluding hydrogens is 380 g/mol. The van der Waals surface area contributed by atoms with E-state index >= 15 is 0 Å². The lowest BCUT2D eigenvalue weighted by Gasteiger charge is -2.31. The van der Waals surface area contributed by atoms with Crippen LogP contribution in [-0.2, 0) is 33.3 Å². The molecular formula is C21H22O8. The molecule has 29 heavy (non-hydrogen) atoms. The number of rotatable bonds is 6. The lowest BCUT2D eigenvalue weighted by molar-refractivity contribution is -0.167. The van der Waals surface area contributed by atoms with Crippen LogP contribution < -0.4 is 0 Å². The number of hydrogen-bond donors (Lipinski definition) is 0. The van der Waals surface area contributed by atoms with Gasteiger partial charge in [-0.1, -0.05) is 32.0 Å². The fourth-order valence-corrected chi connectivity index (χ4v) is 4.46. The molecule has 3 aliphatic heterocycles. The minimum Gasteiger partial charge on any atom is -0.462 e. The Morgan fingerprint density at radius 1 is 1.14 bits per heavy atom. The highest BCUT2D eigenvalue weighted by Crippen LogP contribution is 2.57. The van der Waals surface area contributed by atoms with Crippen LogP contribution in [0.25, 0.3) is 0 Å². The Morgan fingerprint density at radius 3 is 2.55 bits per heavy atom. The second-order valence-electron chi connectivity index (χ2n) is 8.08. The number of ether oxygens (including phenoxy) is 4. The van der Waals surface area contributed by atoms with Crippen LogP contribution in [0.15, 0.2) is 30.3 Å². The van der Waals surface area contributed by atoms with E-state index in [-0.39, 0.29) is 25.0 Å². The van der Waals surface area contributed by atoms with Gasteiger partial charge in [0, 0.05) is 5.92 Å². The molecule has 3 aliphatic rings. The Bertz CT molecular complexity index is 847. The van der Waals surface area contributed by atoms with E-state index in [9.17, 15) is 19.2 Å². The summed E-state index contributed by atoms with van der Waals surface area (Å²) in [6, 6.07) is 8.57. The van der Waals surface area contributed by atoms with E-state index in [0.29, 0.717) is 12.0 Å². The molecule has 0 spiro atoms. The molecule has 5 atom stereocenters. The highest BCUT2D eigenvalue weighted by molar-refractivity contribution is 5.98. The van der Waals surface area contributed by atoms with Crippen LogP contribution in [0.2, 0.25) is 0 Å². The topological polar surface area (TPSA) is 105 Å². The van der Waals surface area contributed by atoms with E-state index in [1.807, 2.05) is 0 Å². The first-order chi connectivity index (χ1) is 13.8. The Balaban J connectivity index is 1.49. The van der Waals surface area contributed by atoms with Crippen molar-refractivity contribution >= 4 is 23.9 Å². The van der Waals surface area contributed by atoms with Crippen molar-refractivity contribution in [1.29, 1.82) is 0 Å². The normalized spacial score (nSPS) is 32.2. The number of benzene rings is 1. The summed E-state index contributed by atoms with van der Waals surface area (Å²) in [5.41, 5.74) is -0.710. The Labute approximate surface area is 167 Å². The Kier molecular flexibility index (Phi) is 4.90. The van der Waals surface area contributed by atoms with E-state index in [0.717, 1.165) is 0 Å². The predicted molar refractivity (Wildman–Crippen MR) is 96.3 cm³/mol. The third kappa shape index (κ3) is 3.31. The molecule has 0 amide bonds. The molecule has 1 aromatic rings. The third-order valence-electron chi connectivity index (χ3n) is 5.82. The lowest BCUT2D eigenvalue weighted by atomic mass is 9.69. The van der Waals surface area contributed by atoms with Gasteiger partial charge in [-0.25, -0.2) is 4.79 Å². The standard InChI is InChI=1S/C21H22O8/c1-11(2)17(22)27-10-21-8-13(9-26-18(23)12-6-4-3-5-7-12)16(29-21)14-15(21)20(25)28-19(14)24/h3-7,11,13-16H,8-10H2,1-2H3/t13-,14+,15+,16-,21-/m0/s1.